The van der Waals surface area contributed by atoms with Gasteiger partial charge in [-0.05, 0) is 46.9 Å². The van der Waals surface area contributed by atoms with Crippen LogP contribution in [0.5, 0.6) is 0 Å². The van der Waals surface area contributed by atoms with Crippen molar-refractivity contribution in [1.82, 2.24) is 0 Å². The summed E-state index contributed by atoms with van der Waals surface area (Å²) in [5.41, 5.74) is 5.31. The van der Waals surface area contributed by atoms with Crippen LogP contribution in [0.25, 0.3) is 11.1 Å². The molecule has 29 heavy (non-hydrogen) atoms. The molecular formula is C23H19Cl2NO3. The summed E-state index contributed by atoms with van der Waals surface area (Å²) >= 11 is 11.9. The summed E-state index contributed by atoms with van der Waals surface area (Å²) in [7, 11) is 0. The first kappa shape index (κ1) is 20.9. The predicted molar refractivity (Wildman–Crippen MR) is 117 cm³/mol. The highest BCUT2D eigenvalue weighted by Gasteiger charge is 2.05. The molecule has 148 valence electrons. The SMILES string of the molecule is C/C(=N\OCc1ccc(Cl)c(Cl)c1)c1ccc(-c2cccc(CC(=O)O)c2)cc1. The van der Waals surface area contributed by atoms with Crippen molar-refractivity contribution in [2.45, 2.75) is 20.0 Å². The van der Waals surface area contributed by atoms with Gasteiger partial charge in [-0.2, -0.15) is 0 Å². The van der Waals surface area contributed by atoms with Crippen molar-refractivity contribution in [1.29, 1.82) is 0 Å². The number of carbonyl (C=O) groups is 1. The summed E-state index contributed by atoms with van der Waals surface area (Å²) in [6, 6.07) is 20.7. The first-order valence-corrected chi connectivity index (χ1v) is 9.70. The molecule has 0 bridgehead atoms. The average Bonchev–Trinajstić information content (AvgIpc) is 2.70. The molecule has 0 aliphatic heterocycles. The molecule has 3 aromatic carbocycles. The molecule has 0 fully saturated rings. The van der Waals surface area contributed by atoms with E-state index in [9.17, 15) is 4.79 Å². The third kappa shape index (κ3) is 5.83. The number of nitrogens with zero attached hydrogens (tertiary/aromatic N) is 1. The molecular weight excluding hydrogens is 409 g/mol. The van der Waals surface area contributed by atoms with Crippen LogP contribution in [0.3, 0.4) is 0 Å². The van der Waals surface area contributed by atoms with Gasteiger partial charge in [0, 0.05) is 0 Å². The van der Waals surface area contributed by atoms with Crippen molar-refractivity contribution in [3.8, 4) is 11.1 Å². The lowest BCUT2D eigenvalue weighted by molar-refractivity contribution is -0.136. The molecule has 0 unspecified atom stereocenters. The van der Waals surface area contributed by atoms with Crippen LogP contribution in [-0.4, -0.2) is 16.8 Å². The quantitative estimate of drug-likeness (QED) is 0.359. The van der Waals surface area contributed by atoms with Crippen molar-refractivity contribution in [2.75, 3.05) is 0 Å². The number of aliphatic carboxylic acids is 1. The molecule has 0 amide bonds. The van der Waals surface area contributed by atoms with E-state index in [4.69, 9.17) is 33.1 Å². The Hall–Kier alpha value is -2.82. The zero-order valence-electron chi connectivity index (χ0n) is 15.7. The van der Waals surface area contributed by atoms with Gasteiger partial charge in [0.25, 0.3) is 0 Å². The minimum atomic E-state index is -0.842. The van der Waals surface area contributed by atoms with Crippen LogP contribution in [0.2, 0.25) is 10.0 Å². The summed E-state index contributed by atoms with van der Waals surface area (Å²) in [4.78, 5) is 16.3. The van der Waals surface area contributed by atoms with Crippen molar-refractivity contribution in [2.24, 2.45) is 5.16 Å². The van der Waals surface area contributed by atoms with Crippen LogP contribution in [0.15, 0.2) is 71.9 Å². The molecule has 0 heterocycles. The first-order valence-electron chi connectivity index (χ1n) is 8.94. The Labute approximate surface area is 179 Å². The maximum absolute atomic E-state index is 10.9. The lowest BCUT2D eigenvalue weighted by atomic mass is 10.00. The van der Waals surface area contributed by atoms with E-state index in [0.717, 1.165) is 33.5 Å². The molecule has 0 saturated carbocycles. The number of halogens is 2. The van der Waals surface area contributed by atoms with Crippen molar-refractivity contribution in [3.63, 3.8) is 0 Å². The van der Waals surface area contributed by atoms with Gasteiger partial charge in [-0.3, -0.25) is 4.79 Å². The van der Waals surface area contributed by atoms with Gasteiger partial charge in [0.1, 0.15) is 6.61 Å². The lowest BCUT2D eigenvalue weighted by Crippen LogP contribution is -2.00. The maximum Gasteiger partial charge on any atom is 0.307 e. The average molecular weight is 428 g/mol. The van der Waals surface area contributed by atoms with Gasteiger partial charge >= 0.3 is 5.97 Å². The summed E-state index contributed by atoms with van der Waals surface area (Å²) in [6.45, 7) is 2.17. The van der Waals surface area contributed by atoms with Gasteiger partial charge < -0.3 is 9.94 Å². The van der Waals surface area contributed by atoms with E-state index >= 15 is 0 Å². The molecule has 4 nitrogen and oxygen atoms in total. The normalized spacial score (nSPS) is 11.3. The summed E-state index contributed by atoms with van der Waals surface area (Å²) < 4.78 is 0. The Morgan fingerprint density at radius 3 is 2.38 bits per heavy atom. The summed E-state index contributed by atoms with van der Waals surface area (Å²) in [5, 5.41) is 14.1. The second-order valence-corrected chi connectivity index (χ2v) is 7.36. The summed E-state index contributed by atoms with van der Waals surface area (Å²) in [6.07, 6.45) is 0.00780. The van der Waals surface area contributed by atoms with Crippen LogP contribution in [0.4, 0.5) is 0 Å². The molecule has 6 heteroatoms. The zero-order chi connectivity index (χ0) is 20.8. The van der Waals surface area contributed by atoms with Crippen molar-refractivity contribution >= 4 is 34.9 Å². The van der Waals surface area contributed by atoms with E-state index in [1.165, 1.54) is 0 Å². The number of oxime groups is 1. The highest BCUT2D eigenvalue weighted by Crippen LogP contribution is 2.23. The molecule has 0 atom stereocenters. The second kappa shape index (κ2) is 9.59. The fourth-order valence-electron chi connectivity index (χ4n) is 2.83. The molecule has 3 aromatic rings. The number of carboxylic acid groups (broad SMARTS) is 1. The number of carboxylic acids is 1. The minimum absolute atomic E-state index is 0.00780. The van der Waals surface area contributed by atoms with E-state index in [1.807, 2.05) is 61.5 Å². The Balaban J connectivity index is 1.66. The smallest absolute Gasteiger partial charge is 0.307 e. The number of hydrogen-bond donors (Lipinski definition) is 1. The van der Waals surface area contributed by atoms with Gasteiger partial charge in [0.2, 0.25) is 0 Å². The van der Waals surface area contributed by atoms with Crippen LogP contribution in [-0.2, 0) is 22.7 Å². The van der Waals surface area contributed by atoms with E-state index < -0.39 is 5.97 Å². The first-order chi connectivity index (χ1) is 13.9. The van der Waals surface area contributed by atoms with Crippen molar-refractivity contribution < 1.29 is 14.7 Å². The van der Waals surface area contributed by atoms with Crippen LogP contribution in [0, 0.1) is 0 Å². The molecule has 1 N–H and O–H groups in total. The van der Waals surface area contributed by atoms with E-state index in [-0.39, 0.29) is 6.42 Å². The van der Waals surface area contributed by atoms with Crippen LogP contribution in [0.1, 0.15) is 23.6 Å². The van der Waals surface area contributed by atoms with E-state index in [1.54, 1.807) is 12.1 Å². The molecule has 3 rings (SSSR count). The Bertz CT molecular complexity index is 1050. The standard InChI is InChI=1S/C23H19Cl2NO3/c1-15(26-29-14-17-5-10-21(24)22(25)12-17)18-6-8-19(9-7-18)20-4-2-3-16(11-20)13-23(27)28/h2-12H,13-14H2,1H3,(H,27,28)/b26-15+. The molecule has 0 aliphatic carbocycles. The summed E-state index contributed by atoms with van der Waals surface area (Å²) in [5.74, 6) is -0.842. The number of benzene rings is 3. The van der Waals surface area contributed by atoms with Crippen LogP contribution >= 0.6 is 23.2 Å². The number of rotatable bonds is 7. The predicted octanol–water partition coefficient (Wildman–Crippen LogP) is 6.23. The zero-order valence-corrected chi connectivity index (χ0v) is 17.2. The molecule has 0 spiro atoms. The maximum atomic E-state index is 10.9. The largest absolute Gasteiger partial charge is 0.481 e. The highest BCUT2D eigenvalue weighted by molar-refractivity contribution is 6.42. The fraction of sp³-hybridized carbons (Fsp3) is 0.130. The Kier molecular flexibility index (Phi) is 6.91. The minimum Gasteiger partial charge on any atom is -0.481 e. The van der Waals surface area contributed by atoms with Gasteiger partial charge in [0.05, 0.1) is 22.2 Å². The topological polar surface area (TPSA) is 58.9 Å². The number of hydrogen-bond acceptors (Lipinski definition) is 3. The monoisotopic (exact) mass is 427 g/mol. The molecule has 0 aliphatic rings. The highest BCUT2D eigenvalue weighted by atomic mass is 35.5. The molecule has 0 radical (unpaired) electrons. The Morgan fingerprint density at radius 2 is 1.69 bits per heavy atom. The van der Waals surface area contributed by atoms with Crippen molar-refractivity contribution in [3.05, 3.63) is 93.5 Å². The Morgan fingerprint density at radius 1 is 0.931 bits per heavy atom. The van der Waals surface area contributed by atoms with Crippen LogP contribution < -0.4 is 0 Å². The molecule has 0 aromatic heterocycles. The van der Waals surface area contributed by atoms with Gasteiger partial charge in [-0.25, -0.2) is 0 Å². The lowest BCUT2D eigenvalue weighted by Gasteiger charge is -2.07. The van der Waals surface area contributed by atoms with Gasteiger partial charge in [-0.15, -0.1) is 0 Å². The van der Waals surface area contributed by atoms with Gasteiger partial charge in [-0.1, -0.05) is 83.0 Å². The molecule has 0 saturated heterocycles. The fourth-order valence-corrected chi connectivity index (χ4v) is 3.15. The van der Waals surface area contributed by atoms with Gasteiger partial charge in [0.15, 0.2) is 0 Å². The second-order valence-electron chi connectivity index (χ2n) is 6.55. The third-order valence-electron chi connectivity index (χ3n) is 4.34. The van der Waals surface area contributed by atoms with E-state index in [2.05, 4.69) is 5.16 Å². The third-order valence-corrected chi connectivity index (χ3v) is 5.07. The van der Waals surface area contributed by atoms with E-state index in [0.29, 0.717) is 16.7 Å².